The summed E-state index contributed by atoms with van der Waals surface area (Å²) >= 11 is 0. The third-order valence-electron chi connectivity index (χ3n) is 6.19. The van der Waals surface area contributed by atoms with Gasteiger partial charge in [0.25, 0.3) is 0 Å². The van der Waals surface area contributed by atoms with E-state index < -0.39 is 17.6 Å². The van der Waals surface area contributed by atoms with Crippen molar-refractivity contribution in [2.75, 3.05) is 0 Å². The average Bonchev–Trinajstić information content (AvgIpc) is 2.88. The standard InChI is InChI=1S/C26H37N3O5/c1-26(2,3)34-22(31)17-9-7-5-6-8-12-18-13-10-14-19-23(18)28(4)25(33)29(19)20-15-11-16-21(30)27-24(20)32/h10,13-14,20H,5-9,11-12,15-17H2,1-4H3,(H,27,30,32). The summed E-state index contributed by atoms with van der Waals surface area (Å²) in [5.41, 5.74) is 1.99. The lowest BCUT2D eigenvalue weighted by Crippen LogP contribution is -2.38. The number of nitrogens with one attached hydrogen (secondary N) is 1. The van der Waals surface area contributed by atoms with Crippen LogP contribution in [0, 0.1) is 0 Å². The molecule has 0 aliphatic carbocycles. The van der Waals surface area contributed by atoms with Gasteiger partial charge in [-0.2, -0.15) is 0 Å². The van der Waals surface area contributed by atoms with Crippen molar-refractivity contribution in [3.63, 3.8) is 0 Å². The van der Waals surface area contributed by atoms with Crippen LogP contribution in [0.25, 0.3) is 11.0 Å². The molecular formula is C26H37N3O5. The van der Waals surface area contributed by atoms with E-state index in [-0.39, 0.29) is 17.6 Å². The van der Waals surface area contributed by atoms with Crippen LogP contribution in [0.4, 0.5) is 0 Å². The van der Waals surface area contributed by atoms with Crippen LogP contribution in [0.3, 0.4) is 0 Å². The smallest absolute Gasteiger partial charge is 0.329 e. The first kappa shape index (κ1) is 25.7. The molecular weight excluding hydrogens is 434 g/mol. The molecule has 1 aromatic carbocycles. The summed E-state index contributed by atoms with van der Waals surface area (Å²) in [6, 6.07) is 5.15. The lowest BCUT2D eigenvalue weighted by atomic mass is 10.0. The van der Waals surface area contributed by atoms with Gasteiger partial charge < -0.3 is 4.74 Å². The van der Waals surface area contributed by atoms with Gasteiger partial charge >= 0.3 is 11.7 Å². The fourth-order valence-electron chi connectivity index (χ4n) is 4.65. The van der Waals surface area contributed by atoms with E-state index in [0.717, 1.165) is 55.1 Å². The molecule has 34 heavy (non-hydrogen) atoms. The number of aromatic nitrogens is 2. The van der Waals surface area contributed by atoms with Gasteiger partial charge in [-0.25, -0.2) is 4.79 Å². The maximum atomic E-state index is 13.1. The van der Waals surface area contributed by atoms with Gasteiger partial charge in [-0.1, -0.05) is 31.4 Å². The van der Waals surface area contributed by atoms with E-state index in [1.165, 1.54) is 0 Å². The number of imidazole rings is 1. The number of esters is 1. The molecule has 0 radical (unpaired) electrons. The van der Waals surface area contributed by atoms with Crippen molar-refractivity contribution in [3.05, 3.63) is 34.2 Å². The molecule has 3 rings (SSSR count). The second-order valence-electron chi connectivity index (χ2n) is 10.2. The number of nitrogens with zero attached hydrogens (tertiary/aromatic N) is 2. The van der Waals surface area contributed by atoms with Crippen molar-refractivity contribution in [2.45, 2.75) is 96.6 Å². The number of benzene rings is 1. The van der Waals surface area contributed by atoms with Gasteiger partial charge in [-0.3, -0.25) is 28.8 Å². The van der Waals surface area contributed by atoms with Gasteiger partial charge in [-0.15, -0.1) is 0 Å². The minimum atomic E-state index is -0.678. The Bertz CT molecular complexity index is 1110. The predicted octanol–water partition coefficient (Wildman–Crippen LogP) is 3.93. The number of hydrogen-bond donors (Lipinski definition) is 1. The Balaban J connectivity index is 1.60. The Morgan fingerprint density at radius 3 is 2.53 bits per heavy atom. The number of ether oxygens (including phenoxy) is 1. The Morgan fingerprint density at radius 1 is 1.09 bits per heavy atom. The molecule has 1 saturated heterocycles. The molecule has 1 aromatic heterocycles. The number of aryl methyl sites for hydroxylation is 2. The SMILES string of the molecule is Cn1c(=O)n(C2CCCC(=O)NC2=O)c2cccc(CCCCCCCC(=O)OC(C)(C)C)c21. The van der Waals surface area contributed by atoms with Gasteiger partial charge in [0, 0.05) is 19.9 Å². The van der Waals surface area contributed by atoms with Crippen molar-refractivity contribution in [1.29, 1.82) is 0 Å². The molecule has 1 N–H and O–H groups in total. The van der Waals surface area contributed by atoms with E-state index in [1.807, 2.05) is 39.0 Å². The lowest BCUT2D eigenvalue weighted by molar-refractivity contribution is -0.155. The van der Waals surface area contributed by atoms with Crippen LogP contribution in [0.15, 0.2) is 23.0 Å². The highest BCUT2D eigenvalue weighted by molar-refractivity contribution is 5.98. The highest BCUT2D eigenvalue weighted by Crippen LogP contribution is 2.26. The van der Waals surface area contributed by atoms with Crippen LogP contribution in [0.5, 0.6) is 0 Å². The first-order valence-electron chi connectivity index (χ1n) is 12.3. The van der Waals surface area contributed by atoms with Gasteiger partial charge in [0.1, 0.15) is 11.6 Å². The molecule has 0 bridgehead atoms. The molecule has 2 amide bonds. The number of fused-ring (bicyclic) bond motifs is 1. The zero-order valence-corrected chi connectivity index (χ0v) is 20.8. The maximum Gasteiger partial charge on any atom is 0.329 e. The van der Waals surface area contributed by atoms with Gasteiger partial charge in [0.2, 0.25) is 11.8 Å². The van der Waals surface area contributed by atoms with E-state index in [9.17, 15) is 19.2 Å². The summed E-state index contributed by atoms with van der Waals surface area (Å²) in [6.07, 6.45) is 7.46. The average molecular weight is 472 g/mol. The van der Waals surface area contributed by atoms with Crippen LogP contribution in [0.2, 0.25) is 0 Å². The van der Waals surface area contributed by atoms with Gasteiger partial charge in [0.15, 0.2) is 0 Å². The molecule has 1 aliphatic rings. The summed E-state index contributed by atoms with van der Waals surface area (Å²) in [5, 5.41) is 2.41. The Kier molecular flexibility index (Phi) is 8.33. The minimum Gasteiger partial charge on any atom is -0.460 e. The minimum absolute atomic E-state index is 0.142. The number of amides is 2. The molecule has 1 unspecified atom stereocenters. The molecule has 0 saturated carbocycles. The normalized spacial score (nSPS) is 17.0. The largest absolute Gasteiger partial charge is 0.460 e. The number of imide groups is 1. The van der Waals surface area contributed by atoms with E-state index in [4.69, 9.17) is 4.74 Å². The summed E-state index contributed by atoms with van der Waals surface area (Å²) < 4.78 is 8.50. The first-order chi connectivity index (χ1) is 16.1. The van der Waals surface area contributed by atoms with Crippen LogP contribution >= 0.6 is 0 Å². The molecule has 186 valence electrons. The van der Waals surface area contributed by atoms with Crippen molar-refractivity contribution >= 4 is 28.8 Å². The second-order valence-corrected chi connectivity index (χ2v) is 10.2. The monoisotopic (exact) mass is 471 g/mol. The van der Waals surface area contributed by atoms with Gasteiger partial charge in [-0.05, 0) is 64.5 Å². The summed E-state index contributed by atoms with van der Waals surface area (Å²) in [7, 11) is 1.74. The number of carbonyl (C=O) groups is 3. The fourth-order valence-corrected chi connectivity index (χ4v) is 4.65. The number of unbranched alkanes of at least 4 members (excludes halogenated alkanes) is 4. The molecule has 1 atom stereocenters. The van der Waals surface area contributed by atoms with Crippen LogP contribution in [-0.2, 0) is 32.6 Å². The predicted molar refractivity (Wildman–Crippen MR) is 130 cm³/mol. The summed E-state index contributed by atoms with van der Waals surface area (Å²) in [4.78, 5) is 49.2. The highest BCUT2D eigenvalue weighted by Gasteiger charge is 2.29. The number of hydrogen-bond acceptors (Lipinski definition) is 5. The van der Waals surface area contributed by atoms with E-state index in [1.54, 1.807) is 16.2 Å². The number of rotatable bonds is 9. The van der Waals surface area contributed by atoms with Crippen molar-refractivity contribution in [1.82, 2.24) is 14.5 Å². The zero-order chi connectivity index (χ0) is 24.9. The van der Waals surface area contributed by atoms with Crippen LogP contribution < -0.4 is 11.0 Å². The third kappa shape index (κ3) is 6.36. The lowest BCUT2D eigenvalue weighted by Gasteiger charge is -2.19. The molecule has 2 heterocycles. The Morgan fingerprint density at radius 2 is 1.79 bits per heavy atom. The summed E-state index contributed by atoms with van der Waals surface area (Å²) in [5.74, 6) is -0.835. The molecule has 1 aliphatic heterocycles. The summed E-state index contributed by atoms with van der Waals surface area (Å²) in [6.45, 7) is 5.63. The van der Waals surface area contributed by atoms with Crippen molar-refractivity contribution in [3.8, 4) is 0 Å². The maximum absolute atomic E-state index is 13.1. The van der Waals surface area contributed by atoms with Crippen molar-refractivity contribution < 1.29 is 19.1 Å². The Labute approximate surface area is 200 Å². The van der Waals surface area contributed by atoms with Crippen LogP contribution in [-0.4, -0.2) is 32.5 Å². The molecule has 0 spiro atoms. The van der Waals surface area contributed by atoms with E-state index >= 15 is 0 Å². The van der Waals surface area contributed by atoms with Crippen molar-refractivity contribution in [2.24, 2.45) is 7.05 Å². The quantitative estimate of drug-likeness (QED) is 0.339. The zero-order valence-electron chi connectivity index (χ0n) is 20.8. The molecule has 8 nitrogen and oxygen atoms in total. The van der Waals surface area contributed by atoms with Crippen LogP contribution in [0.1, 0.15) is 90.2 Å². The molecule has 1 fully saturated rings. The van der Waals surface area contributed by atoms with E-state index in [0.29, 0.717) is 25.7 Å². The topological polar surface area (TPSA) is 99.4 Å². The highest BCUT2D eigenvalue weighted by atomic mass is 16.6. The second kappa shape index (κ2) is 11.0. The number of para-hydroxylation sites is 1. The molecule has 2 aromatic rings. The Hall–Kier alpha value is -2.90. The third-order valence-corrected chi connectivity index (χ3v) is 6.19. The van der Waals surface area contributed by atoms with Gasteiger partial charge in [0.05, 0.1) is 11.0 Å². The first-order valence-corrected chi connectivity index (χ1v) is 12.3. The fraction of sp³-hybridized carbons (Fsp3) is 0.615. The molecule has 8 heteroatoms. The van der Waals surface area contributed by atoms with E-state index in [2.05, 4.69) is 5.32 Å². The number of carbonyl (C=O) groups excluding carboxylic acids is 3.